The first-order chi connectivity index (χ1) is 10.5. The number of hydrogen-bond acceptors (Lipinski definition) is 3. The Morgan fingerprint density at radius 2 is 1.82 bits per heavy atom. The molecule has 2 aromatic rings. The molecule has 0 heterocycles. The minimum atomic E-state index is -0.332. The number of rotatable bonds is 6. The summed E-state index contributed by atoms with van der Waals surface area (Å²) in [6.45, 7) is 2.59. The highest BCUT2D eigenvalue weighted by molar-refractivity contribution is 6.31. The van der Waals surface area contributed by atoms with Gasteiger partial charge in [0.2, 0.25) is 0 Å². The van der Waals surface area contributed by atoms with E-state index in [0.717, 1.165) is 11.1 Å². The maximum atomic E-state index is 13.0. The fourth-order valence-corrected chi connectivity index (χ4v) is 2.40. The molecule has 0 saturated carbocycles. The summed E-state index contributed by atoms with van der Waals surface area (Å²) in [5.41, 5.74) is 1.92. The summed E-state index contributed by atoms with van der Waals surface area (Å²) in [5, 5.41) is 3.78. The van der Waals surface area contributed by atoms with Crippen LogP contribution in [0.2, 0.25) is 5.02 Å². The van der Waals surface area contributed by atoms with E-state index in [9.17, 15) is 4.39 Å². The van der Waals surface area contributed by atoms with Crippen LogP contribution in [0, 0.1) is 5.82 Å². The number of hydrogen-bond donors (Lipinski definition) is 1. The van der Waals surface area contributed by atoms with Gasteiger partial charge in [0.25, 0.3) is 0 Å². The molecule has 0 aliphatic heterocycles. The zero-order valence-electron chi connectivity index (χ0n) is 12.8. The summed E-state index contributed by atoms with van der Waals surface area (Å²) in [7, 11) is 3.22. The second-order valence-electron chi connectivity index (χ2n) is 4.95. The van der Waals surface area contributed by atoms with Gasteiger partial charge in [0.05, 0.1) is 14.2 Å². The van der Waals surface area contributed by atoms with Gasteiger partial charge in [0.1, 0.15) is 5.82 Å². The molecule has 2 rings (SSSR count). The minimum absolute atomic E-state index is 0.0842. The zero-order chi connectivity index (χ0) is 16.1. The molecule has 1 unspecified atom stereocenters. The zero-order valence-corrected chi connectivity index (χ0v) is 13.6. The molecular weight excluding hydrogens is 305 g/mol. The van der Waals surface area contributed by atoms with Gasteiger partial charge in [-0.1, -0.05) is 23.7 Å². The van der Waals surface area contributed by atoms with Crippen LogP contribution in [0.3, 0.4) is 0 Å². The van der Waals surface area contributed by atoms with Gasteiger partial charge in [-0.2, -0.15) is 0 Å². The molecule has 0 amide bonds. The van der Waals surface area contributed by atoms with Crippen LogP contribution >= 0.6 is 11.6 Å². The summed E-state index contributed by atoms with van der Waals surface area (Å²) < 4.78 is 23.6. The Balaban J connectivity index is 2.07. The molecule has 5 heteroatoms. The molecule has 0 aliphatic carbocycles. The third kappa shape index (κ3) is 3.90. The van der Waals surface area contributed by atoms with E-state index in [2.05, 4.69) is 5.32 Å². The lowest BCUT2D eigenvalue weighted by molar-refractivity contribution is 0.354. The highest BCUT2D eigenvalue weighted by Crippen LogP contribution is 2.30. The molecule has 0 saturated heterocycles. The average Bonchev–Trinajstić information content (AvgIpc) is 2.53. The molecule has 0 radical (unpaired) electrons. The molecule has 1 atom stereocenters. The standard InChI is InChI=1S/C17H19ClFNO2/c1-11(12-5-7-16(21-2)17(8-12)22-3)20-10-13-4-6-14(19)9-15(13)18/h4-9,11,20H,10H2,1-3H3. The van der Waals surface area contributed by atoms with E-state index in [1.807, 2.05) is 25.1 Å². The number of ether oxygens (including phenoxy) is 2. The van der Waals surface area contributed by atoms with Crippen LogP contribution in [0.1, 0.15) is 24.1 Å². The highest BCUT2D eigenvalue weighted by Gasteiger charge is 2.11. The molecule has 3 nitrogen and oxygen atoms in total. The van der Waals surface area contributed by atoms with Crippen molar-refractivity contribution in [3.63, 3.8) is 0 Å². The van der Waals surface area contributed by atoms with Crippen molar-refractivity contribution in [1.29, 1.82) is 0 Å². The van der Waals surface area contributed by atoms with Crippen LogP contribution in [0.25, 0.3) is 0 Å². The van der Waals surface area contributed by atoms with E-state index >= 15 is 0 Å². The largest absolute Gasteiger partial charge is 0.493 e. The molecule has 1 N–H and O–H groups in total. The van der Waals surface area contributed by atoms with Gasteiger partial charge < -0.3 is 14.8 Å². The first-order valence-electron chi connectivity index (χ1n) is 6.94. The van der Waals surface area contributed by atoms with E-state index in [1.165, 1.54) is 12.1 Å². The molecule has 0 aliphatic rings. The first-order valence-corrected chi connectivity index (χ1v) is 7.32. The maximum absolute atomic E-state index is 13.0. The lowest BCUT2D eigenvalue weighted by Gasteiger charge is -2.17. The molecule has 2 aromatic carbocycles. The van der Waals surface area contributed by atoms with Crippen molar-refractivity contribution in [3.8, 4) is 11.5 Å². The summed E-state index contributed by atoms with van der Waals surface area (Å²) in [4.78, 5) is 0. The fourth-order valence-electron chi connectivity index (χ4n) is 2.17. The van der Waals surface area contributed by atoms with Crippen molar-refractivity contribution < 1.29 is 13.9 Å². The van der Waals surface area contributed by atoms with Gasteiger partial charge in [-0.25, -0.2) is 4.39 Å². The van der Waals surface area contributed by atoms with E-state index in [-0.39, 0.29) is 11.9 Å². The summed E-state index contributed by atoms with van der Waals surface area (Å²) in [6.07, 6.45) is 0. The predicted molar refractivity (Wildman–Crippen MR) is 86.2 cm³/mol. The normalized spacial score (nSPS) is 12.0. The van der Waals surface area contributed by atoms with Gasteiger partial charge in [0.15, 0.2) is 11.5 Å². The number of methoxy groups -OCH3 is 2. The third-order valence-corrected chi connectivity index (χ3v) is 3.87. The molecule has 118 valence electrons. The van der Waals surface area contributed by atoms with Gasteiger partial charge in [-0.05, 0) is 42.3 Å². The molecule has 0 aromatic heterocycles. The SMILES string of the molecule is COc1ccc(C(C)NCc2ccc(F)cc2Cl)cc1OC. The van der Waals surface area contributed by atoms with Crippen molar-refractivity contribution in [3.05, 3.63) is 58.4 Å². The van der Waals surface area contributed by atoms with Gasteiger partial charge in [0, 0.05) is 17.6 Å². The summed E-state index contributed by atoms with van der Waals surface area (Å²) in [6, 6.07) is 10.3. The number of nitrogens with one attached hydrogen (secondary N) is 1. The Morgan fingerprint density at radius 1 is 1.09 bits per heavy atom. The van der Waals surface area contributed by atoms with Crippen LogP contribution in [0.5, 0.6) is 11.5 Å². The molecule has 0 fully saturated rings. The smallest absolute Gasteiger partial charge is 0.161 e. The van der Waals surface area contributed by atoms with Crippen LogP contribution in [-0.4, -0.2) is 14.2 Å². The lowest BCUT2D eigenvalue weighted by atomic mass is 10.1. The average molecular weight is 324 g/mol. The molecule has 0 bridgehead atoms. The Labute approximate surface area is 135 Å². The second-order valence-corrected chi connectivity index (χ2v) is 5.36. The van der Waals surface area contributed by atoms with Crippen LogP contribution in [0.15, 0.2) is 36.4 Å². The summed E-state index contributed by atoms with van der Waals surface area (Å²) >= 11 is 6.03. The number of halogens is 2. The highest BCUT2D eigenvalue weighted by atomic mass is 35.5. The third-order valence-electron chi connectivity index (χ3n) is 3.52. The maximum Gasteiger partial charge on any atom is 0.161 e. The van der Waals surface area contributed by atoms with Gasteiger partial charge in [-0.15, -0.1) is 0 Å². The predicted octanol–water partition coefficient (Wildman–Crippen LogP) is 4.35. The topological polar surface area (TPSA) is 30.5 Å². The van der Waals surface area contributed by atoms with E-state index < -0.39 is 0 Å². The van der Waals surface area contributed by atoms with Gasteiger partial charge in [-0.3, -0.25) is 0 Å². The van der Waals surface area contributed by atoms with Crippen LogP contribution in [-0.2, 0) is 6.54 Å². The van der Waals surface area contributed by atoms with Crippen molar-refractivity contribution in [2.24, 2.45) is 0 Å². The van der Waals surface area contributed by atoms with E-state index in [1.54, 1.807) is 20.3 Å². The monoisotopic (exact) mass is 323 g/mol. The van der Waals surface area contributed by atoms with Crippen molar-refractivity contribution in [2.45, 2.75) is 19.5 Å². The van der Waals surface area contributed by atoms with Crippen molar-refractivity contribution in [1.82, 2.24) is 5.32 Å². The van der Waals surface area contributed by atoms with Crippen molar-refractivity contribution in [2.75, 3.05) is 14.2 Å². The van der Waals surface area contributed by atoms with Crippen LogP contribution in [0.4, 0.5) is 4.39 Å². The first kappa shape index (κ1) is 16.6. The van der Waals surface area contributed by atoms with E-state index in [0.29, 0.717) is 23.1 Å². The Bertz CT molecular complexity index is 649. The summed E-state index contributed by atoms with van der Waals surface area (Å²) in [5.74, 6) is 1.05. The fraction of sp³-hybridized carbons (Fsp3) is 0.294. The Kier molecular flexibility index (Phi) is 5.63. The Hall–Kier alpha value is -1.78. The van der Waals surface area contributed by atoms with Gasteiger partial charge >= 0.3 is 0 Å². The van der Waals surface area contributed by atoms with Crippen molar-refractivity contribution >= 4 is 11.6 Å². The molecular formula is C17H19ClFNO2. The minimum Gasteiger partial charge on any atom is -0.493 e. The quantitative estimate of drug-likeness (QED) is 0.857. The molecule has 0 spiro atoms. The molecule has 22 heavy (non-hydrogen) atoms. The number of benzene rings is 2. The lowest BCUT2D eigenvalue weighted by Crippen LogP contribution is -2.18. The van der Waals surface area contributed by atoms with Crippen LogP contribution < -0.4 is 14.8 Å². The Morgan fingerprint density at radius 3 is 2.45 bits per heavy atom. The van der Waals surface area contributed by atoms with E-state index in [4.69, 9.17) is 21.1 Å². The second kappa shape index (κ2) is 7.47.